The predicted molar refractivity (Wildman–Crippen MR) is 113 cm³/mol. The molecule has 166 valence electrons. The van der Waals surface area contributed by atoms with Crippen LogP contribution >= 0.6 is 0 Å². The number of likely N-dealkylation sites (tertiary alicyclic amines) is 1. The minimum atomic E-state index is -3.27. The number of alkyl halides is 3. The number of hydrogen-bond donors (Lipinski definition) is 0. The van der Waals surface area contributed by atoms with Crippen molar-refractivity contribution in [2.45, 2.75) is 38.4 Å². The Morgan fingerprint density at radius 3 is 2.53 bits per heavy atom. The maximum absolute atomic E-state index is 14.5. The molecule has 1 aromatic carbocycles. The molecule has 1 aliphatic heterocycles. The van der Waals surface area contributed by atoms with E-state index in [0.29, 0.717) is 34.3 Å². The number of pyridine rings is 1. The average molecular weight is 442 g/mol. The van der Waals surface area contributed by atoms with Gasteiger partial charge in [-0.15, -0.1) is 0 Å². The van der Waals surface area contributed by atoms with Gasteiger partial charge in [0.15, 0.2) is 0 Å². The molecule has 0 radical (unpaired) electrons. The number of nitrogens with zero attached hydrogens (tertiary/aromatic N) is 4. The number of aromatic nitrogens is 3. The minimum absolute atomic E-state index is 0.0885. The van der Waals surface area contributed by atoms with Crippen molar-refractivity contribution in [3.05, 3.63) is 48.5 Å². The van der Waals surface area contributed by atoms with Crippen LogP contribution in [0.25, 0.3) is 33.1 Å². The number of carbonyl (C=O) groups excluding carboxylic acids is 1. The molecule has 1 saturated heterocycles. The summed E-state index contributed by atoms with van der Waals surface area (Å²) >= 11 is 0. The Hall–Kier alpha value is -3.36. The fourth-order valence-corrected chi connectivity index (χ4v) is 4.24. The zero-order valence-electron chi connectivity index (χ0n) is 17.2. The molecule has 32 heavy (non-hydrogen) atoms. The van der Waals surface area contributed by atoms with E-state index in [2.05, 4.69) is 10.1 Å². The van der Waals surface area contributed by atoms with E-state index in [-0.39, 0.29) is 22.8 Å². The van der Waals surface area contributed by atoms with Gasteiger partial charge < -0.3 is 9.32 Å². The van der Waals surface area contributed by atoms with Gasteiger partial charge in [0.1, 0.15) is 23.2 Å². The third-order valence-corrected chi connectivity index (χ3v) is 5.88. The minimum Gasteiger partial charge on any atom is -0.464 e. The van der Waals surface area contributed by atoms with E-state index in [4.69, 9.17) is 4.42 Å². The van der Waals surface area contributed by atoms with Gasteiger partial charge in [0.2, 0.25) is 0 Å². The average Bonchev–Trinajstić information content (AvgIpc) is 3.28. The molecule has 5 rings (SSSR count). The van der Waals surface area contributed by atoms with E-state index < -0.39 is 12.7 Å². The topological polar surface area (TPSA) is 64.2 Å². The van der Waals surface area contributed by atoms with E-state index in [0.717, 1.165) is 31.1 Å². The molecule has 1 amide bonds. The van der Waals surface area contributed by atoms with E-state index in [1.54, 1.807) is 11.0 Å². The third-order valence-electron chi connectivity index (χ3n) is 5.88. The molecule has 1 fully saturated rings. The quantitative estimate of drug-likeness (QED) is 0.413. The van der Waals surface area contributed by atoms with Gasteiger partial charge in [0.25, 0.3) is 18.6 Å². The number of amides is 1. The molecule has 6 nitrogen and oxygen atoms in total. The Bertz CT molecular complexity index is 1270. The van der Waals surface area contributed by atoms with Gasteiger partial charge in [-0.3, -0.25) is 9.78 Å². The fraction of sp³-hybridized carbons (Fsp3) is 0.348. The second-order valence-electron chi connectivity index (χ2n) is 7.94. The zero-order valence-corrected chi connectivity index (χ0v) is 17.2. The molecule has 0 N–H and O–H groups in total. The van der Waals surface area contributed by atoms with Crippen LogP contribution in [0.1, 0.15) is 42.5 Å². The molecule has 9 heteroatoms. The van der Waals surface area contributed by atoms with Crippen LogP contribution in [0.5, 0.6) is 0 Å². The van der Waals surface area contributed by atoms with Crippen molar-refractivity contribution in [2.75, 3.05) is 13.1 Å². The molecule has 0 spiro atoms. The van der Waals surface area contributed by atoms with Gasteiger partial charge in [-0.05, 0) is 25.0 Å². The van der Waals surface area contributed by atoms with E-state index in [9.17, 15) is 18.0 Å². The highest BCUT2D eigenvalue weighted by molar-refractivity contribution is 6.03. The molecular formula is C23H21F3N4O2. The first-order valence-electron chi connectivity index (χ1n) is 10.6. The summed E-state index contributed by atoms with van der Waals surface area (Å²) < 4.78 is 47.3. The molecule has 4 aromatic rings. The number of hydrogen-bond acceptors (Lipinski definition) is 4. The number of rotatable bonds is 4. The molecule has 0 bridgehead atoms. The van der Waals surface area contributed by atoms with Crippen LogP contribution in [-0.2, 0) is 0 Å². The summed E-state index contributed by atoms with van der Waals surface area (Å²) in [5.41, 5.74) is 1.59. The van der Waals surface area contributed by atoms with Crippen LogP contribution in [0.3, 0.4) is 0 Å². The summed E-state index contributed by atoms with van der Waals surface area (Å²) in [7, 11) is 0. The highest BCUT2D eigenvalue weighted by Gasteiger charge is 2.28. The summed E-state index contributed by atoms with van der Waals surface area (Å²) in [4.78, 5) is 19.0. The number of halogens is 3. The van der Waals surface area contributed by atoms with Gasteiger partial charge in [-0.25, -0.2) is 17.9 Å². The molecule has 0 saturated carbocycles. The van der Waals surface area contributed by atoms with Crippen LogP contribution in [0.2, 0.25) is 0 Å². The van der Waals surface area contributed by atoms with E-state index in [1.165, 1.54) is 18.5 Å². The van der Waals surface area contributed by atoms with Gasteiger partial charge in [-0.1, -0.05) is 31.0 Å². The Morgan fingerprint density at radius 1 is 1.03 bits per heavy atom. The Kier molecular flexibility index (Phi) is 5.32. The van der Waals surface area contributed by atoms with Crippen LogP contribution in [0.15, 0.2) is 47.2 Å². The van der Waals surface area contributed by atoms with Crippen molar-refractivity contribution in [1.29, 1.82) is 0 Å². The van der Waals surface area contributed by atoms with E-state index in [1.807, 2.05) is 18.2 Å². The highest BCUT2D eigenvalue weighted by Crippen LogP contribution is 2.36. The Balaban J connectivity index is 1.64. The number of fused-ring (bicyclic) bond motifs is 2. The highest BCUT2D eigenvalue weighted by atomic mass is 19.3. The van der Waals surface area contributed by atoms with Crippen LogP contribution in [0.4, 0.5) is 13.2 Å². The maximum Gasteiger partial charge on any atom is 0.289 e. The van der Waals surface area contributed by atoms with Crippen molar-refractivity contribution in [1.82, 2.24) is 19.7 Å². The normalized spacial score (nSPS) is 16.1. The second kappa shape index (κ2) is 8.29. The van der Waals surface area contributed by atoms with Gasteiger partial charge >= 0.3 is 0 Å². The third kappa shape index (κ3) is 3.51. The lowest BCUT2D eigenvalue weighted by Crippen LogP contribution is -2.32. The zero-order chi connectivity index (χ0) is 22.2. The van der Waals surface area contributed by atoms with Gasteiger partial charge in [0, 0.05) is 35.6 Å². The van der Waals surface area contributed by atoms with Gasteiger partial charge in [0.05, 0.1) is 5.52 Å². The summed E-state index contributed by atoms with van der Waals surface area (Å²) in [6, 6.07) is 8.56. The smallest absolute Gasteiger partial charge is 0.289 e. The van der Waals surface area contributed by atoms with Gasteiger partial charge in [-0.2, -0.15) is 5.10 Å². The monoisotopic (exact) mass is 442 g/mol. The summed E-state index contributed by atoms with van der Waals surface area (Å²) in [6.07, 6.45) is 0.856. The molecule has 0 aliphatic carbocycles. The standard InChI is InChI=1S/C23H21F3N4O2/c24-21(25)22(26)30-18-11-17(23(31)29-9-5-1-2-6-10-29)27-12-15(18)20(28-30)16-13-32-19-8-4-3-7-14(16)19/h3-4,7-8,11-13,21-22H,1-2,5-6,9-10H2. The van der Waals surface area contributed by atoms with Crippen LogP contribution in [-0.4, -0.2) is 45.1 Å². The first-order chi connectivity index (χ1) is 15.5. The number of para-hydroxylation sites is 1. The lowest BCUT2D eigenvalue weighted by atomic mass is 10.1. The maximum atomic E-state index is 14.5. The van der Waals surface area contributed by atoms with E-state index >= 15 is 0 Å². The van der Waals surface area contributed by atoms with Crippen LogP contribution < -0.4 is 0 Å². The molecule has 1 atom stereocenters. The van der Waals surface area contributed by atoms with Crippen molar-refractivity contribution in [3.8, 4) is 11.3 Å². The second-order valence-corrected chi connectivity index (χ2v) is 7.94. The lowest BCUT2D eigenvalue weighted by Gasteiger charge is -2.19. The number of furan rings is 1. The SMILES string of the molecule is O=C(c1cc2c(cn1)c(-c1coc3ccccc13)nn2C(F)C(F)F)N1CCCCCC1. The van der Waals surface area contributed by atoms with Crippen molar-refractivity contribution in [3.63, 3.8) is 0 Å². The first kappa shape index (κ1) is 20.5. The number of carbonyl (C=O) groups is 1. The summed E-state index contributed by atoms with van der Waals surface area (Å²) in [6.45, 7) is 1.24. The summed E-state index contributed by atoms with van der Waals surface area (Å²) in [5.74, 6) is -0.288. The molecule has 4 heterocycles. The first-order valence-corrected chi connectivity index (χ1v) is 10.6. The van der Waals surface area contributed by atoms with Crippen molar-refractivity contribution < 1.29 is 22.4 Å². The Morgan fingerprint density at radius 2 is 1.78 bits per heavy atom. The predicted octanol–water partition coefficient (Wildman–Crippen LogP) is 5.59. The molecule has 1 aliphatic rings. The molecule has 1 unspecified atom stereocenters. The fourth-order valence-electron chi connectivity index (χ4n) is 4.24. The molecule has 3 aromatic heterocycles. The van der Waals surface area contributed by atoms with Crippen LogP contribution in [0, 0.1) is 0 Å². The number of benzene rings is 1. The Labute approximate surface area is 181 Å². The summed E-state index contributed by atoms with van der Waals surface area (Å²) in [5, 5.41) is 5.25. The van der Waals surface area contributed by atoms with Crippen molar-refractivity contribution in [2.24, 2.45) is 0 Å². The lowest BCUT2D eigenvalue weighted by molar-refractivity contribution is 0.00357. The van der Waals surface area contributed by atoms with Crippen molar-refractivity contribution >= 4 is 27.8 Å². The molecular weight excluding hydrogens is 421 g/mol. The largest absolute Gasteiger partial charge is 0.464 e.